The Kier molecular flexibility index (Phi) is 5.63. The van der Waals surface area contributed by atoms with E-state index in [2.05, 4.69) is 15.0 Å². The highest BCUT2D eigenvalue weighted by Crippen LogP contribution is 2.48. The van der Waals surface area contributed by atoms with Crippen molar-refractivity contribution in [1.82, 2.24) is 4.98 Å². The molecule has 3 N–H and O–H groups in total. The number of hydrogen-bond acceptors (Lipinski definition) is 5. The van der Waals surface area contributed by atoms with Crippen LogP contribution in [0.1, 0.15) is 17.9 Å². The summed E-state index contributed by atoms with van der Waals surface area (Å²) in [5.74, 6) is 0.0723. The number of anilines is 2. The summed E-state index contributed by atoms with van der Waals surface area (Å²) in [7, 11) is -3.75. The molecule has 172 valence electrons. The maximum Gasteiger partial charge on any atom is 0.263 e. The molecule has 1 saturated carbocycles. The SMILES string of the molecule is O=C(Nc1ccc2c(O)ccc(Cl)c2c1)[C@@H]1CC1c1ccc(S(=O)(=O)Nc2ccccn2)cc1. The van der Waals surface area contributed by atoms with E-state index in [-0.39, 0.29) is 34.2 Å². The topological polar surface area (TPSA) is 108 Å². The smallest absolute Gasteiger partial charge is 0.263 e. The predicted molar refractivity (Wildman–Crippen MR) is 132 cm³/mol. The number of halogens is 1. The molecule has 0 radical (unpaired) electrons. The number of aromatic nitrogens is 1. The first kappa shape index (κ1) is 22.2. The third kappa shape index (κ3) is 4.42. The third-order valence-electron chi connectivity index (χ3n) is 5.86. The van der Waals surface area contributed by atoms with Gasteiger partial charge in [0.05, 0.1) is 4.90 Å². The quantitative estimate of drug-likeness (QED) is 0.345. The lowest BCUT2D eigenvalue weighted by atomic mass is 10.1. The number of nitrogens with one attached hydrogen (secondary N) is 2. The van der Waals surface area contributed by atoms with Gasteiger partial charge < -0.3 is 10.4 Å². The zero-order chi connectivity index (χ0) is 23.9. The Morgan fingerprint density at radius 3 is 2.53 bits per heavy atom. The zero-order valence-electron chi connectivity index (χ0n) is 17.8. The second-order valence-corrected chi connectivity index (χ2v) is 10.2. The molecule has 7 nitrogen and oxygen atoms in total. The summed E-state index contributed by atoms with van der Waals surface area (Å²) in [5.41, 5.74) is 1.50. The van der Waals surface area contributed by atoms with Gasteiger partial charge >= 0.3 is 0 Å². The fraction of sp³-hybridized carbons (Fsp3) is 0.120. The van der Waals surface area contributed by atoms with Crippen LogP contribution in [0.3, 0.4) is 0 Å². The van der Waals surface area contributed by atoms with E-state index in [1.165, 1.54) is 24.4 Å². The number of sulfonamides is 1. The van der Waals surface area contributed by atoms with Crippen LogP contribution in [0, 0.1) is 5.92 Å². The molecule has 1 heterocycles. The number of fused-ring (bicyclic) bond motifs is 1. The number of pyridine rings is 1. The predicted octanol–water partition coefficient (Wildman–Crippen LogP) is 5.14. The summed E-state index contributed by atoms with van der Waals surface area (Å²) >= 11 is 6.23. The molecular weight excluding hydrogens is 474 g/mol. The standard InChI is InChI=1S/C25H20ClN3O4S/c26-22-10-11-23(30)18-9-6-16(13-20(18)22)28-25(31)21-14-19(21)15-4-7-17(8-5-15)34(32,33)29-24-3-1-2-12-27-24/h1-13,19,21,30H,14H2,(H,27,29)(H,28,31)/t19?,21-/m1/s1. The number of hydrogen-bond donors (Lipinski definition) is 3. The van der Waals surface area contributed by atoms with Gasteiger partial charge in [-0.2, -0.15) is 0 Å². The van der Waals surface area contributed by atoms with Crippen molar-refractivity contribution in [2.45, 2.75) is 17.2 Å². The molecule has 4 aromatic rings. The van der Waals surface area contributed by atoms with Crippen LogP contribution in [-0.4, -0.2) is 24.4 Å². The molecule has 0 aliphatic heterocycles. The van der Waals surface area contributed by atoms with Gasteiger partial charge in [0.25, 0.3) is 10.0 Å². The minimum absolute atomic E-state index is 0.0218. The van der Waals surface area contributed by atoms with Gasteiger partial charge in [-0.25, -0.2) is 13.4 Å². The van der Waals surface area contributed by atoms with Crippen LogP contribution in [0.2, 0.25) is 5.02 Å². The second-order valence-electron chi connectivity index (χ2n) is 8.15. The van der Waals surface area contributed by atoms with E-state index in [0.717, 1.165) is 5.56 Å². The molecule has 1 aliphatic rings. The lowest BCUT2D eigenvalue weighted by Gasteiger charge is -2.09. The monoisotopic (exact) mass is 493 g/mol. The van der Waals surface area contributed by atoms with Gasteiger partial charge in [0.2, 0.25) is 5.91 Å². The molecule has 3 aromatic carbocycles. The van der Waals surface area contributed by atoms with E-state index < -0.39 is 10.0 Å². The number of benzene rings is 3. The summed E-state index contributed by atoms with van der Waals surface area (Å²) < 4.78 is 27.6. The Bertz CT molecular complexity index is 1490. The lowest BCUT2D eigenvalue weighted by molar-refractivity contribution is -0.117. The van der Waals surface area contributed by atoms with Crippen LogP contribution < -0.4 is 10.0 Å². The van der Waals surface area contributed by atoms with Crippen LogP contribution >= 0.6 is 11.6 Å². The fourth-order valence-corrected chi connectivity index (χ4v) is 5.20. The van der Waals surface area contributed by atoms with Crippen LogP contribution in [0.15, 0.2) is 83.9 Å². The van der Waals surface area contributed by atoms with Crippen molar-refractivity contribution in [2.24, 2.45) is 5.92 Å². The van der Waals surface area contributed by atoms with E-state index in [1.54, 1.807) is 54.6 Å². The number of aromatic hydroxyl groups is 1. The first-order valence-corrected chi connectivity index (χ1v) is 12.4. The highest BCUT2D eigenvalue weighted by atomic mass is 35.5. The molecule has 5 rings (SSSR count). The Hall–Kier alpha value is -3.62. The normalized spacial score (nSPS) is 17.3. The highest BCUT2D eigenvalue weighted by Gasteiger charge is 2.44. The summed E-state index contributed by atoms with van der Waals surface area (Å²) in [4.78, 5) is 16.9. The van der Waals surface area contributed by atoms with Crippen LogP contribution in [-0.2, 0) is 14.8 Å². The Balaban J connectivity index is 1.25. The summed E-state index contributed by atoms with van der Waals surface area (Å²) in [5, 5.41) is 14.6. The van der Waals surface area contributed by atoms with Crippen LogP contribution in [0.25, 0.3) is 10.8 Å². The molecule has 0 spiro atoms. The van der Waals surface area contributed by atoms with Crippen LogP contribution in [0.5, 0.6) is 5.75 Å². The van der Waals surface area contributed by atoms with Crippen molar-refractivity contribution < 1.29 is 18.3 Å². The first-order valence-electron chi connectivity index (χ1n) is 10.6. The van der Waals surface area contributed by atoms with Gasteiger partial charge in [0, 0.05) is 33.6 Å². The lowest BCUT2D eigenvalue weighted by Crippen LogP contribution is -2.15. The maximum atomic E-state index is 12.8. The van der Waals surface area contributed by atoms with Crippen molar-refractivity contribution in [3.63, 3.8) is 0 Å². The van der Waals surface area contributed by atoms with E-state index in [1.807, 2.05) is 0 Å². The van der Waals surface area contributed by atoms with Gasteiger partial charge in [-0.05, 0) is 72.5 Å². The van der Waals surface area contributed by atoms with E-state index in [9.17, 15) is 18.3 Å². The average molecular weight is 494 g/mol. The molecule has 1 aliphatic carbocycles. The number of carbonyl (C=O) groups excluding carboxylic acids is 1. The molecule has 1 amide bonds. The Labute approximate surface area is 201 Å². The van der Waals surface area contributed by atoms with Crippen molar-refractivity contribution >= 4 is 49.8 Å². The van der Waals surface area contributed by atoms with Gasteiger partial charge in [-0.1, -0.05) is 29.8 Å². The molecule has 1 fully saturated rings. The van der Waals surface area contributed by atoms with Crippen molar-refractivity contribution in [1.29, 1.82) is 0 Å². The van der Waals surface area contributed by atoms with Crippen LogP contribution in [0.4, 0.5) is 11.5 Å². The van der Waals surface area contributed by atoms with E-state index >= 15 is 0 Å². The number of carbonyl (C=O) groups is 1. The van der Waals surface area contributed by atoms with Gasteiger partial charge in [-0.3, -0.25) is 9.52 Å². The molecule has 1 unspecified atom stereocenters. The van der Waals surface area contributed by atoms with Gasteiger partial charge in [-0.15, -0.1) is 0 Å². The molecular formula is C25H20ClN3O4S. The van der Waals surface area contributed by atoms with E-state index in [4.69, 9.17) is 11.6 Å². The van der Waals surface area contributed by atoms with Crippen molar-refractivity contribution in [3.05, 3.63) is 89.6 Å². The summed E-state index contributed by atoms with van der Waals surface area (Å²) in [6, 6.07) is 19.8. The number of rotatable bonds is 6. The van der Waals surface area contributed by atoms with Crippen molar-refractivity contribution in [3.8, 4) is 5.75 Å². The number of phenolic OH excluding ortho intramolecular Hbond substituents is 1. The second kappa shape index (κ2) is 8.62. The molecule has 9 heteroatoms. The minimum atomic E-state index is -3.75. The maximum absolute atomic E-state index is 12.8. The summed E-state index contributed by atoms with van der Waals surface area (Å²) in [6.45, 7) is 0. The highest BCUT2D eigenvalue weighted by molar-refractivity contribution is 7.92. The Morgan fingerprint density at radius 2 is 1.79 bits per heavy atom. The first-order chi connectivity index (χ1) is 16.3. The summed E-state index contributed by atoms with van der Waals surface area (Å²) in [6.07, 6.45) is 2.19. The molecule has 2 atom stereocenters. The fourth-order valence-electron chi connectivity index (χ4n) is 3.98. The van der Waals surface area contributed by atoms with Crippen molar-refractivity contribution in [2.75, 3.05) is 10.0 Å². The number of phenols is 1. The molecule has 0 bridgehead atoms. The third-order valence-corrected chi connectivity index (χ3v) is 7.56. The zero-order valence-corrected chi connectivity index (χ0v) is 19.3. The number of nitrogens with zero attached hydrogens (tertiary/aromatic N) is 1. The largest absolute Gasteiger partial charge is 0.507 e. The number of amides is 1. The average Bonchev–Trinajstić information content (AvgIpc) is 3.63. The molecule has 34 heavy (non-hydrogen) atoms. The van der Waals surface area contributed by atoms with Gasteiger partial charge in [0.1, 0.15) is 11.6 Å². The molecule has 0 saturated heterocycles. The Morgan fingerprint density at radius 1 is 1.00 bits per heavy atom. The molecule has 1 aromatic heterocycles. The van der Waals surface area contributed by atoms with E-state index in [0.29, 0.717) is 27.9 Å². The minimum Gasteiger partial charge on any atom is -0.507 e. The van der Waals surface area contributed by atoms with Gasteiger partial charge in [0.15, 0.2) is 0 Å².